The Hall–Kier alpha value is -0.860. The second-order valence-corrected chi connectivity index (χ2v) is 6.94. The smallest absolute Gasteiger partial charge is 0.229 e. The van der Waals surface area contributed by atoms with Crippen LogP contribution in [0.2, 0.25) is 0 Å². The summed E-state index contributed by atoms with van der Waals surface area (Å²) in [4.78, 5) is 29.2. The van der Waals surface area contributed by atoms with Crippen molar-refractivity contribution in [2.75, 3.05) is 20.1 Å². The number of aliphatic imine (C=N–C) groups is 1. The van der Waals surface area contributed by atoms with Gasteiger partial charge in [-0.25, -0.2) is 0 Å². The first-order chi connectivity index (χ1) is 11.6. The molecule has 1 saturated heterocycles. The van der Waals surface area contributed by atoms with E-state index in [0.29, 0.717) is 38.4 Å². The highest BCUT2D eigenvalue weighted by atomic mass is 127. The van der Waals surface area contributed by atoms with Crippen LogP contribution in [0.1, 0.15) is 64.7 Å². The number of hydrogen-bond acceptors (Lipinski definition) is 3. The van der Waals surface area contributed by atoms with Crippen LogP contribution in [0.3, 0.4) is 0 Å². The molecule has 0 bridgehead atoms. The van der Waals surface area contributed by atoms with Gasteiger partial charge in [0.25, 0.3) is 0 Å². The number of carbonyl (C=O) groups is 2. The third-order valence-corrected chi connectivity index (χ3v) is 5.12. The molecule has 6 nitrogen and oxygen atoms in total. The quantitative estimate of drug-likeness (QED) is 0.275. The Labute approximate surface area is 168 Å². The van der Waals surface area contributed by atoms with Gasteiger partial charge in [-0.2, -0.15) is 0 Å². The van der Waals surface area contributed by atoms with Crippen molar-refractivity contribution < 1.29 is 9.59 Å². The molecule has 0 atom stereocenters. The molecule has 2 N–H and O–H groups in total. The van der Waals surface area contributed by atoms with E-state index in [9.17, 15) is 9.59 Å². The molecule has 25 heavy (non-hydrogen) atoms. The van der Waals surface area contributed by atoms with Crippen molar-refractivity contribution in [1.82, 2.24) is 15.5 Å². The molecule has 1 saturated carbocycles. The average molecular weight is 464 g/mol. The summed E-state index contributed by atoms with van der Waals surface area (Å²) in [6.45, 7) is 3.22. The number of nitrogens with zero attached hydrogens (tertiary/aromatic N) is 2. The highest BCUT2D eigenvalue weighted by Gasteiger charge is 2.25. The average Bonchev–Trinajstić information content (AvgIpc) is 2.58. The lowest BCUT2D eigenvalue weighted by atomic mass is 9.83. The molecule has 144 valence electrons. The second kappa shape index (κ2) is 11.7. The van der Waals surface area contributed by atoms with Crippen LogP contribution in [-0.2, 0) is 9.59 Å². The molecule has 1 aliphatic carbocycles. The minimum Gasteiger partial charge on any atom is -0.355 e. The number of piperidine rings is 1. The van der Waals surface area contributed by atoms with Crippen molar-refractivity contribution in [3.63, 3.8) is 0 Å². The van der Waals surface area contributed by atoms with Crippen LogP contribution >= 0.6 is 24.0 Å². The molecule has 2 aliphatic rings. The molecular weight excluding hydrogens is 431 g/mol. The van der Waals surface area contributed by atoms with Crippen molar-refractivity contribution in [1.29, 1.82) is 0 Å². The number of imide groups is 1. The third-order valence-electron chi connectivity index (χ3n) is 5.12. The summed E-state index contributed by atoms with van der Waals surface area (Å²) >= 11 is 0. The first-order valence-corrected chi connectivity index (χ1v) is 9.44. The monoisotopic (exact) mass is 464 g/mol. The minimum absolute atomic E-state index is 0. The first-order valence-electron chi connectivity index (χ1n) is 9.44. The van der Waals surface area contributed by atoms with Gasteiger partial charge in [-0.15, -0.1) is 24.0 Å². The SMILES string of the molecule is CCCC1CCC(NC(=NC)NCCN2C(=O)CCCC2=O)CC1.I. The van der Waals surface area contributed by atoms with Crippen LogP contribution in [0.5, 0.6) is 0 Å². The Bertz CT molecular complexity index is 446. The van der Waals surface area contributed by atoms with E-state index in [0.717, 1.165) is 11.9 Å². The lowest BCUT2D eigenvalue weighted by Gasteiger charge is -2.30. The van der Waals surface area contributed by atoms with Crippen molar-refractivity contribution in [3.8, 4) is 0 Å². The molecule has 0 unspecified atom stereocenters. The molecule has 2 amide bonds. The van der Waals surface area contributed by atoms with Gasteiger partial charge in [0, 0.05) is 39.0 Å². The van der Waals surface area contributed by atoms with Crippen LogP contribution in [0.25, 0.3) is 0 Å². The van der Waals surface area contributed by atoms with Crippen molar-refractivity contribution in [2.45, 2.75) is 70.8 Å². The van der Waals surface area contributed by atoms with Crippen LogP contribution in [0.15, 0.2) is 4.99 Å². The predicted molar refractivity (Wildman–Crippen MR) is 111 cm³/mol. The van der Waals surface area contributed by atoms with E-state index in [1.807, 2.05) is 0 Å². The lowest BCUT2D eigenvalue weighted by molar-refractivity contribution is -0.147. The number of amides is 2. The van der Waals surface area contributed by atoms with Gasteiger partial charge < -0.3 is 10.6 Å². The fraction of sp³-hybridized carbons (Fsp3) is 0.833. The Balaban J connectivity index is 0.00000312. The highest BCUT2D eigenvalue weighted by molar-refractivity contribution is 14.0. The van der Waals surface area contributed by atoms with Crippen LogP contribution in [0, 0.1) is 5.92 Å². The van der Waals surface area contributed by atoms with Crippen LogP contribution in [0.4, 0.5) is 0 Å². The molecule has 0 aromatic carbocycles. The molecular formula is C18H33IN4O2. The Morgan fingerprint density at radius 3 is 2.36 bits per heavy atom. The maximum absolute atomic E-state index is 11.8. The van der Waals surface area contributed by atoms with Crippen LogP contribution in [-0.4, -0.2) is 48.9 Å². The fourth-order valence-corrected chi connectivity index (χ4v) is 3.73. The van der Waals surface area contributed by atoms with E-state index in [2.05, 4.69) is 22.5 Å². The number of rotatable bonds is 6. The largest absolute Gasteiger partial charge is 0.355 e. The van der Waals surface area contributed by atoms with E-state index in [1.165, 1.54) is 43.4 Å². The maximum atomic E-state index is 11.8. The summed E-state index contributed by atoms with van der Waals surface area (Å²) in [6.07, 6.45) is 9.24. The van der Waals surface area contributed by atoms with Gasteiger partial charge in [-0.05, 0) is 38.0 Å². The lowest BCUT2D eigenvalue weighted by Crippen LogP contribution is -2.49. The van der Waals surface area contributed by atoms with Gasteiger partial charge >= 0.3 is 0 Å². The van der Waals surface area contributed by atoms with E-state index < -0.39 is 0 Å². The summed E-state index contributed by atoms with van der Waals surface area (Å²) in [5, 5.41) is 6.71. The zero-order valence-corrected chi connectivity index (χ0v) is 17.9. The zero-order valence-electron chi connectivity index (χ0n) is 15.6. The molecule has 0 radical (unpaired) electrons. The first kappa shape index (κ1) is 22.2. The summed E-state index contributed by atoms with van der Waals surface area (Å²) in [7, 11) is 1.76. The van der Waals surface area contributed by atoms with Gasteiger partial charge in [-0.1, -0.05) is 19.8 Å². The van der Waals surface area contributed by atoms with Gasteiger partial charge in [-0.3, -0.25) is 19.5 Å². The van der Waals surface area contributed by atoms with Crippen LogP contribution < -0.4 is 10.6 Å². The summed E-state index contributed by atoms with van der Waals surface area (Å²) < 4.78 is 0. The Kier molecular flexibility index (Phi) is 10.4. The van der Waals surface area contributed by atoms with Gasteiger partial charge in [0.05, 0.1) is 0 Å². The maximum Gasteiger partial charge on any atom is 0.229 e. The fourth-order valence-electron chi connectivity index (χ4n) is 3.73. The van der Waals surface area contributed by atoms with Crippen molar-refractivity contribution >= 4 is 41.8 Å². The van der Waals surface area contributed by atoms with Gasteiger partial charge in [0.2, 0.25) is 11.8 Å². The molecule has 0 spiro atoms. The summed E-state index contributed by atoms with van der Waals surface area (Å²) in [5.41, 5.74) is 0. The van der Waals surface area contributed by atoms with E-state index >= 15 is 0 Å². The van der Waals surface area contributed by atoms with Gasteiger partial charge in [0.1, 0.15) is 0 Å². The molecule has 1 heterocycles. The topological polar surface area (TPSA) is 73.8 Å². The number of nitrogens with one attached hydrogen (secondary N) is 2. The van der Waals surface area contributed by atoms with Gasteiger partial charge in [0.15, 0.2) is 5.96 Å². The molecule has 0 aromatic rings. The molecule has 7 heteroatoms. The predicted octanol–water partition coefficient (Wildman–Crippen LogP) is 2.67. The second-order valence-electron chi connectivity index (χ2n) is 6.94. The summed E-state index contributed by atoms with van der Waals surface area (Å²) in [5.74, 6) is 1.56. The number of guanidine groups is 1. The molecule has 1 aliphatic heterocycles. The number of carbonyl (C=O) groups excluding carboxylic acids is 2. The van der Waals surface area contributed by atoms with Crippen molar-refractivity contribution in [3.05, 3.63) is 0 Å². The number of hydrogen-bond donors (Lipinski definition) is 2. The third kappa shape index (κ3) is 7.11. The zero-order chi connectivity index (χ0) is 17.4. The number of likely N-dealkylation sites (tertiary alicyclic amines) is 1. The minimum atomic E-state index is -0.0507. The van der Waals surface area contributed by atoms with Crippen molar-refractivity contribution in [2.24, 2.45) is 10.9 Å². The Morgan fingerprint density at radius 1 is 1.16 bits per heavy atom. The van der Waals surface area contributed by atoms with E-state index in [4.69, 9.17) is 0 Å². The standard InChI is InChI=1S/C18H32N4O2.HI/c1-3-5-14-8-10-15(11-9-14)21-18(19-2)20-12-13-22-16(23)6-4-7-17(22)24;/h14-15H,3-13H2,1-2H3,(H2,19,20,21);1H. The Morgan fingerprint density at radius 2 is 1.80 bits per heavy atom. The number of halogens is 1. The normalized spacial score (nSPS) is 24.7. The van der Waals surface area contributed by atoms with E-state index in [-0.39, 0.29) is 35.8 Å². The molecule has 2 rings (SSSR count). The highest BCUT2D eigenvalue weighted by Crippen LogP contribution is 2.27. The van der Waals surface area contributed by atoms with E-state index in [1.54, 1.807) is 7.05 Å². The summed E-state index contributed by atoms with van der Waals surface area (Å²) in [6, 6.07) is 0.475. The molecule has 2 fully saturated rings. The molecule has 0 aromatic heterocycles.